The highest BCUT2D eigenvalue weighted by Crippen LogP contribution is 2.33. The molecule has 5 rings (SSSR count). The Hall–Kier alpha value is -2.62. The van der Waals surface area contributed by atoms with E-state index in [4.69, 9.17) is 21.3 Å². The number of likely N-dealkylation sites (tertiary alicyclic amines) is 1. The van der Waals surface area contributed by atoms with Gasteiger partial charge in [-0.15, -0.1) is 0 Å². The van der Waals surface area contributed by atoms with Crippen molar-refractivity contribution in [1.29, 1.82) is 0 Å². The number of aromatic nitrogens is 4. The fourth-order valence-electron chi connectivity index (χ4n) is 4.55. The smallest absolute Gasteiger partial charge is 0.320 e. The molecule has 33 heavy (non-hydrogen) atoms. The summed E-state index contributed by atoms with van der Waals surface area (Å²) in [4.78, 5) is 22.3. The van der Waals surface area contributed by atoms with Gasteiger partial charge in [0.2, 0.25) is 0 Å². The van der Waals surface area contributed by atoms with E-state index in [1.54, 1.807) is 12.3 Å². The van der Waals surface area contributed by atoms with Crippen LogP contribution in [0.5, 0.6) is 6.01 Å². The summed E-state index contributed by atoms with van der Waals surface area (Å²) in [5.41, 5.74) is 0.982. The van der Waals surface area contributed by atoms with E-state index in [-0.39, 0.29) is 17.7 Å². The van der Waals surface area contributed by atoms with E-state index in [0.29, 0.717) is 40.1 Å². The molecule has 2 atom stereocenters. The van der Waals surface area contributed by atoms with Crippen LogP contribution >= 0.6 is 11.6 Å². The van der Waals surface area contributed by atoms with Crippen LogP contribution in [0.15, 0.2) is 24.5 Å². The molecule has 2 fully saturated rings. The molecule has 2 saturated heterocycles. The molecule has 2 aliphatic rings. The molecule has 3 aromatic rings. The van der Waals surface area contributed by atoms with Gasteiger partial charge in [0.05, 0.1) is 10.4 Å². The topological polar surface area (TPSA) is 79.3 Å². The Morgan fingerprint density at radius 3 is 2.91 bits per heavy atom. The van der Waals surface area contributed by atoms with E-state index in [1.807, 2.05) is 0 Å². The molecule has 0 spiro atoms. The molecule has 0 saturated carbocycles. The predicted octanol–water partition coefficient (Wildman–Crippen LogP) is 3.15. The van der Waals surface area contributed by atoms with Crippen LogP contribution in [0.1, 0.15) is 19.8 Å². The zero-order valence-corrected chi connectivity index (χ0v) is 19.5. The zero-order chi connectivity index (χ0) is 22.9. The molecule has 5 heterocycles. The number of ether oxygens (including phenoxy) is 1. The molecule has 0 aliphatic carbocycles. The molecule has 10 heteroatoms. The van der Waals surface area contributed by atoms with Crippen molar-refractivity contribution < 1.29 is 9.13 Å². The van der Waals surface area contributed by atoms with Crippen molar-refractivity contribution in [2.24, 2.45) is 0 Å². The van der Waals surface area contributed by atoms with Gasteiger partial charge in [-0.3, -0.25) is 4.98 Å². The number of fused-ring (bicyclic) bond motifs is 1. The molecule has 2 aliphatic heterocycles. The van der Waals surface area contributed by atoms with Gasteiger partial charge < -0.3 is 19.9 Å². The SMILES string of the molecule is C[C@@H]1CNCCN1c1nc(OC[C@@H]2CCCN2C)nc2nc(-c3ccncc3Cl)c(F)cc12. The van der Waals surface area contributed by atoms with Crippen LogP contribution in [0.4, 0.5) is 10.2 Å². The lowest BCUT2D eigenvalue weighted by Gasteiger charge is -2.35. The van der Waals surface area contributed by atoms with Crippen molar-refractivity contribution >= 4 is 28.5 Å². The van der Waals surface area contributed by atoms with Crippen LogP contribution in [0, 0.1) is 5.82 Å². The number of nitrogens with zero attached hydrogens (tertiary/aromatic N) is 6. The van der Waals surface area contributed by atoms with Crippen LogP contribution in [-0.2, 0) is 0 Å². The Morgan fingerprint density at radius 1 is 1.27 bits per heavy atom. The third-order valence-corrected chi connectivity index (χ3v) is 6.78. The Balaban J connectivity index is 1.59. The summed E-state index contributed by atoms with van der Waals surface area (Å²) in [5, 5.41) is 4.26. The molecule has 0 unspecified atom stereocenters. The summed E-state index contributed by atoms with van der Waals surface area (Å²) in [6, 6.07) is 3.87. The molecular formula is C23H27ClFN7O. The number of hydrogen-bond acceptors (Lipinski definition) is 8. The van der Waals surface area contributed by atoms with Crippen molar-refractivity contribution in [2.45, 2.75) is 31.8 Å². The molecule has 3 aromatic heterocycles. The van der Waals surface area contributed by atoms with Crippen LogP contribution in [-0.4, -0.2) is 76.8 Å². The second-order valence-corrected chi connectivity index (χ2v) is 9.12. The molecule has 174 valence electrons. The molecular weight excluding hydrogens is 445 g/mol. The number of pyridine rings is 2. The van der Waals surface area contributed by atoms with Gasteiger partial charge in [0, 0.05) is 49.7 Å². The fraction of sp³-hybridized carbons (Fsp3) is 0.478. The highest BCUT2D eigenvalue weighted by molar-refractivity contribution is 6.33. The maximum absolute atomic E-state index is 15.3. The van der Waals surface area contributed by atoms with Gasteiger partial charge in [-0.2, -0.15) is 9.97 Å². The van der Waals surface area contributed by atoms with E-state index < -0.39 is 5.82 Å². The molecule has 0 bridgehead atoms. The molecule has 1 N–H and O–H groups in total. The van der Waals surface area contributed by atoms with Crippen molar-refractivity contribution in [3.05, 3.63) is 35.4 Å². The molecule has 0 amide bonds. The molecule has 0 aromatic carbocycles. The Morgan fingerprint density at radius 2 is 2.15 bits per heavy atom. The number of piperazine rings is 1. The van der Waals surface area contributed by atoms with Crippen LogP contribution in [0.2, 0.25) is 5.02 Å². The minimum absolute atomic E-state index is 0.134. The summed E-state index contributed by atoms with van der Waals surface area (Å²) < 4.78 is 21.3. The summed E-state index contributed by atoms with van der Waals surface area (Å²) in [6.45, 7) is 6.06. The lowest BCUT2D eigenvalue weighted by atomic mass is 10.1. The second-order valence-electron chi connectivity index (χ2n) is 8.71. The van der Waals surface area contributed by atoms with Gasteiger partial charge in [-0.25, -0.2) is 9.37 Å². The number of likely N-dealkylation sites (N-methyl/N-ethyl adjacent to an activating group) is 1. The number of halogens is 2. The minimum Gasteiger partial charge on any atom is -0.462 e. The predicted molar refractivity (Wildman–Crippen MR) is 126 cm³/mol. The van der Waals surface area contributed by atoms with Gasteiger partial charge >= 0.3 is 6.01 Å². The Kier molecular flexibility index (Phi) is 6.27. The first kappa shape index (κ1) is 22.2. The average Bonchev–Trinajstić information content (AvgIpc) is 3.22. The lowest BCUT2D eigenvalue weighted by Crippen LogP contribution is -2.50. The van der Waals surface area contributed by atoms with Crippen LogP contribution in [0.3, 0.4) is 0 Å². The molecule has 8 nitrogen and oxygen atoms in total. The molecule has 0 radical (unpaired) electrons. The highest BCUT2D eigenvalue weighted by Gasteiger charge is 2.26. The maximum atomic E-state index is 15.3. The summed E-state index contributed by atoms with van der Waals surface area (Å²) in [7, 11) is 2.10. The van der Waals surface area contributed by atoms with Gasteiger partial charge in [0.15, 0.2) is 5.65 Å². The number of nitrogens with one attached hydrogen (secondary N) is 1. The monoisotopic (exact) mass is 471 g/mol. The number of anilines is 1. The quantitative estimate of drug-likeness (QED) is 0.608. The van der Waals surface area contributed by atoms with Crippen molar-refractivity contribution in [2.75, 3.05) is 44.7 Å². The second kappa shape index (κ2) is 9.32. The average molecular weight is 472 g/mol. The van der Waals surface area contributed by atoms with Crippen molar-refractivity contribution in [3.8, 4) is 17.3 Å². The van der Waals surface area contributed by atoms with Gasteiger partial charge in [-0.05, 0) is 45.5 Å². The number of hydrogen-bond donors (Lipinski definition) is 1. The first-order valence-corrected chi connectivity index (χ1v) is 11.7. The summed E-state index contributed by atoms with van der Waals surface area (Å²) in [5.74, 6) is 0.159. The van der Waals surface area contributed by atoms with Gasteiger partial charge in [0.1, 0.15) is 23.9 Å². The summed E-state index contributed by atoms with van der Waals surface area (Å²) >= 11 is 6.27. The zero-order valence-electron chi connectivity index (χ0n) is 18.8. The minimum atomic E-state index is -0.482. The van der Waals surface area contributed by atoms with E-state index in [0.717, 1.165) is 39.0 Å². The first-order chi connectivity index (χ1) is 16.0. The lowest BCUT2D eigenvalue weighted by molar-refractivity contribution is 0.188. The van der Waals surface area contributed by atoms with Crippen molar-refractivity contribution in [3.63, 3.8) is 0 Å². The van der Waals surface area contributed by atoms with E-state index in [1.165, 1.54) is 12.3 Å². The van der Waals surface area contributed by atoms with E-state index in [2.05, 4.69) is 44.0 Å². The van der Waals surface area contributed by atoms with E-state index in [9.17, 15) is 0 Å². The van der Waals surface area contributed by atoms with Gasteiger partial charge in [-0.1, -0.05) is 11.6 Å². The Bertz CT molecular complexity index is 1160. The third-order valence-electron chi connectivity index (χ3n) is 6.48. The first-order valence-electron chi connectivity index (χ1n) is 11.3. The fourth-order valence-corrected chi connectivity index (χ4v) is 4.76. The highest BCUT2D eigenvalue weighted by atomic mass is 35.5. The van der Waals surface area contributed by atoms with Crippen LogP contribution < -0.4 is 15.0 Å². The standard InChI is InChI=1S/C23H27ClFN7O/c1-14-11-27-7-9-32(14)22-17-10-19(25)20(16-5-6-26-12-18(16)24)28-21(17)29-23(30-22)33-13-15-4-3-8-31(15)2/h5-6,10,12,14-15,27H,3-4,7-9,11,13H2,1-2H3/t14-,15+/m1/s1. The van der Waals surface area contributed by atoms with Crippen LogP contribution in [0.25, 0.3) is 22.3 Å². The number of rotatable bonds is 5. The largest absolute Gasteiger partial charge is 0.462 e. The summed E-state index contributed by atoms with van der Waals surface area (Å²) in [6.07, 6.45) is 5.28. The van der Waals surface area contributed by atoms with Gasteiger partial charge in [0.25, 0.3) is 0 Å². The Labute approximate surface area is 197 Å². The normalized spacial score (nSPS) is 21.6. The van der Waals surface area contributed by atoms with Crippen molar-refractivity contribution in [1.82, 2.24) is 30.2 Å². The van der Waals surface area contributed by atoms with E-state index >= 15 is 4.39 Å². The third kappa shape index (κ3) is 4.45. The maximum Gasteiger partial charge on any atom is 0.320 e.